The predicted molar refractivity (Wildman–Crippen MR) is 120 cm³/mol. The number of likely N-dealkylation sites (tertiary alicyclic amines) is 1. The Hall–Kier alpha value is -2.54. The molecule has 2 aromatic rings. The fourth-order valence-corrected chi connectivity index (χ4v) is 5.60. The van der Waals surface area contributed by atoms with Gasteiger partial charge < -0.3 is 9.88 Å². The van der Waals surface area contributed by atoms with Gasteiger partial charge in [0.05, 0.1) is 17.3 Å². The van der Waals surface area contributed by atoms with Crippen LogP contribution in [0, 0.1) is 11.7 Å². The Bertz CT molecular complexity index is 1030. The lowest BCUT2D eigenvalue weighted by Crippen LogP contribution is -2.40. The van der Waals surface area contributed by atoms with Crippen LogP contribution >= 0.6 is 0 Å². The van der Waals surface area contributed by atoms with Crippen molar-refractivity contribution in [2.75, 3.05) is 19.6 Å². The molecule has 2 fully saturated rings. The van der Waals surface area contributed by atoms with Crippen molar-refractivity contribution in [3.63, 3.8) is 0 Å². The number of aromatic nitrogens is 2. The average Bonchev–Trinajstić information content (AvgIpc) is 3.30. The van der Waals surface area contributed by atoms with Crippen LogP contribution in [0.4, 0.5) is 4.39 Å². The highest BCUT2D eigenvalue weighted by atomic mass is 19.1. The van der Waals surface area contributed by atoms with E-state index in [1.165, 1.54) is 56.4 Å². The van der Waals surface area contributed by atoms with Crippen molar-refractivity contribution in [1.29, 1.82) is 0 Å². The van der Waals surface area contributed by atoms with Gasteiger partial charge in [-0.3, -0.25) is 14.5 Å². The summed E-state index contributed by atoms with van der Waals surface area (Å²) in [7, 11) is 0. The molecule has 32 heavy (non-hydrogen) atoms. The number of nitrogens with zero attached hydrogens (tertiary/aromatic N) is 3. The third-order valence-corrected chi connectivity index (χ3v) is 7.33. The van der Waals surface area contributed by atoms with Crippen molar-refractivity contribution in [3.05, 3.63) is 63.1 Å². The van der Waals surface area contributed by atoms with Crippen molar-refractivity contribution in [3.8, 4) is 0 Å². The molecule has 1 aromatic heterocycles. The summed E-state index contributed by atoms with van der Waals surface area (Å²) in [6.07, 6.45) is 9.01. The number of rotatable bonds is 4. The monoisotopic (exact) mass is 438 g/mol. The topological polar surface area (TPSA) is 69.3 Å². The Labute approximate surface area is 187 Å². The van der Waals surface area contributed by atoms with Crippen molar-refractivity contribution < 1.29 is 9.18 Å². The molecule has 1 aromatic carbocycles. The second-order valence-corrected chi connectivity index (χ2v) is 9.53. The van der Waals surface area contributed by atoms with Crippen molar-refractivity contribution in [2.45, 2.75) is 64.0 Å². The first kappa shape index (κ1) is 21.3. The number of benzene rings is 1. The number of amides is 1. The van der Waals surface area contributed by atoms with E-state index in [2.05, 4.69) is 9.88 Å². The zero-order valence-electron chi connectivity index (χ0n) is 18.5. The second-order valence-electron chi connectivity index (χ2n) is 9.53. The van der Waals surface area contributed by atoms with Crippen LogP contribution in [0.2, 0.25) is 0 Å². The van der Waals surface area contributed by atoms with Gasteiger partial charge in [-0.2, -0.15) is 0 Å². The third-order valence-electron chi connectivity index (χ3n) is 7.33. The van der Waals surface area contributed by atoms with Crippen LogP contribution in [0.25, 0.3) is 0 Å². The molecule has 1 aliphatic carbocycles. The summed E-state index contributed by atoms with van der Waals surface area (Å²) in [5, 5.41) is 0. The lowest BCUT2D eigenvalue weighted by atomic mass is 9.88. The summed E-state index contributed by atoms with van der Waals surface area (Å²) >= 11 is 0. The molecular formula is C25H31FN4O2. The molecule has 170 valence electrons. The maximum atomic E-state index is 13.3. The second kappa shape index (κ2) is 9.14. The number of carbonyl (C=O) groups excluding carboxylic acids is 1. The molecule has 1 N–H and O–H groups in total. The minimum atomic E-state index is -0.363. The lowest BCUT2D eigenvalue weighted by Gasteiger charge is -2.33. The van der Waals surface area contributed by atoms with E-state index in [-0.39, 0.29) is 23.3 Å². The Kier molecular flexibility index (Phi) is 6.09. The average molecular weight is 439 g/mol. The number of fused-ring (bicyclic) bond motifs is 1. The quantitative estimate of drug-likeness (QED) is 0.788. The summed E-state index contributed by atoms with van der Waals surface area (Å²) in [5.41, 5.74) is 2.05. The molecular weight excluding hydrogens is 407 g/mol. The van der Waals surface area contributed by atoms with Gasteiger partial charge in [0.1, 0.15) is 11.6 Å². The third kappa shape index (κ3) is 4.35. The van der Waals surface area contributed by atoms with E-state index in [1.807, 2.05) is 0 Å². The van der Waals surface area contributed by atoms with E-state index in [9.17, 15) is 14.0 Å². The minimum Gasteiger partial charge on any atom is -0.328 e. The molecule has 3 aliphatic rings. The molecule has 1 saturated heterocycles. The molecule has 2 aliphatic heterocycles. The first-order valence-corrected chi connectivity index (χ1v) is 12.0. The van der Waals surface area contributed by atoms with E-state index >= 15 is 0 Å². The largest absolute Gasteiger partial charge is 0.328 e. The number of aromatic amines is 1. The van der Waals surface area contributed by atoms with Crippen molar-refractivity contribution in [1.82, 2.24) is 19.8 Å². The molecule has 1 amide bonds. The minimum absolute atomic E-state index is 0.0700. The van der Waals surface area contributed by atoms with Crippen LogP contribution in [0.15, 0.2) is 29.1 Å². The number of nitrogens with one attached hydrogen (secondary N) is 1. The van der Waals surface area contributed by atoms with E-state index in [1.54, 1.807) is 4.90 Å². The van der Waals surface area contributed by atoms with Crippen molar-refractivity contribution in [2.24, 2.45) is 5.92 Å². The van der Waals surface area contributed by atoms with E-state index in [4.69, 9.17) is 4.98 Å². The van der Waals surface area contributed by atoms with Crippen LogP contribution in [0.3, 0.4) is 0 Å². The summed E-state index contributed by atoms with van der Waals surface area (Å²) in [6.45, 7) is 3.28. The molecule has 0 spiro atoms. The zero-order chi connectivity index (χ0) is 22.1. The molecule has 1 atom stereocenters. The van der Waals surface area contributed by atoms with Gasteiger partial charge >= 0.3 is 0 Å². The Morgan fingerprint density at radius 3 is 2.62 bits per heavy atom. The number of hydrogen-bond donors (Lipinski definition) is 1. The van der Waals surface area contributed by atoms with Gasteiger partial charge in [-0.05, 0) is 55.9 Å². The fourth-order valence-electron chi connectivity index (χ4n) is 5.60. The van der Waals surface area contributed by atoms with Crippen molar-refractivity contribution >= 4 is 5.91 Å². The van der Waals surface area contributed by atoms with Gasteiger partial charge in [-0.1, -0.05) is 19.3 Å². The van der Waals surface area contributed by atoms with Gasteiger partial charge in [-0.15, -0.1) is 0 Å². The van der Waals surface area contributed by atoms with Gasteiger partial charge in [0.15, 0.2) is 0 Å². The maximum absolute atomic E-state index is 13.3. The first-order valence-electron chi connectivity index (χ1n) is 12.0. The van der Waals surface area contributed by atoms with E-state index in [0.29, 0.717) is 24.5 Å². The number of hydrogen-bond acceptors (Lipinski definition) is 4. The van der Waals surface area contributed by atoms with Gasteiger partial charge in [-0.25, -0.2) is 9.37 Å². The molecule has 3 heterocycles. The van der Waals surface area contributed by atoms with E-state index < -0.39 is 0 Å². The number of carbonyl (C=O) groups is 1. The molecule has 7 heteroatoms. The smallest absolute Gasteiger partial charge is 0.255 e. The highest BCUT2D eigenvalue weighted by molar-refractivity contribution is 5.94. The van der Waals surface area contributed by atoms with Gasteiger partial charge in [0, 0.05) is 38.2 Å². The Balaban J connectivity index is 1.33. The Morgan fingerprint density at radius 1 is 1.06 bits per heavy atom. The summed E-state index contributed by atoms with van der Waals surface area (Å²) in [5.74, 6) is 0.827. The summed E-state index contributed by atoms with van der Waals surface area (Å²) < 4.78 is 13.3. The molecule has 0 bridgehead atoms. The molecule has 0 radical (unpaired) electrons. The SMILES string of the molecule is O=C(c1ccc(F)cc1)N1CCCC1c1nc2c(c(=O)[nH]1)CN(CC1CCCCC1)CC2. The Morgan fingerprint density at radius 2 is 1.84 bits per heavy atom. The lowest BCUT2D eigenvalue weighted by molar-refractivity contribution is 0.0729. The molecule has 5 rings (SSSR count). The van der Waals surface area contributed by atoms with Crippen LogP contribution in [0.5, 0.6) is 0 Å². The van der Waals surface area contributed by atoms with Crippen LogP contribution in [-0.4, -0.2) is 45.3 Å². The highest BCUT2D eigenvalue weighted by Gasteiger charge is 2.34. The first-order chi connectivity index (χ1) is 15.6. The maximum Gasteiger partial charge on any atom is 0.255 e. The summed E-state index contributed by atoms with van der Waals surface area (Å²) in [6, 6.07) is 5.38. The van der Waals surface area contributed by atoms with Crippen LogP contribution in [-0.2, 0) is 13.0 Å². The van der Waals surface area contributed by atoms with Gasteiger partial charge in [0.2, 0.25) is 0 Å². The van der Waals surface area contributed by atoms with Gasteiger partial charge in [0.25, 0.3) is 11.5 Å². The van der Waals surface area contributed by atoms with Crippen LogP contribution < -0.4 is 5.56 Å². The highest BCUT2D eigenvalue weighted by Crippen LogP contribution is 2.32. The molecule has 1 saturated carbocycles. The fraction of sp³-hybridized carbons (Fsp3) is 0.560. The zero-order valence-corrected chi connectivity index (χ0v) is 18.5. The van der Waals surface area contributed by atoms with Crippen LogP contribution in [0.1, 0.15) is 78.4 Å². The normalized spacial score (nSPS) is 22.2. The predicted octanol–water partition coefficient (Wildman–Crippen LogP) is 3.82. The molecule has 6 nitrogen and oxygen atoms in total. The summed E-state index contributed by atoms with van der Waals surface area (Å²) in [4.78, 5) is 38.0. The molecule has 1 unspecified atom stereocenters. The van der Waals surface area contributed by atoms with E-state index in [0.717, 1.165) is 49.5 Å². The standard InChI is InChI=1S/C25H31FN4O2/c26-19-10-8-18(9-11-19)25(32)30-13-4-7-22(30)23-27-21-12-14-29(16-20(21)24(31)28-23)15-17-5-2-1-3-6-17/h8-11,17,22H,1-7,12-16H2,(H,27,28,31). The number of H-pyrrole nitrogens is 1. The number of halogens is 1.